The normalized spacial score (nSPS) is 26.6. The van der Waals surface area contributed by atoms with Gasteiger partial charge in [0.05, 0.1) is 22.3 Å². The second kappa shape index (κ2) is 11.5. The van der Waals surface area contributed by atoms with Gasteiger partial charge < -0.3 is 19.3 Å². The van der Waals surface area contributed by atoms with Crippen molar-refractivity contribution in [3.05, 3.63) is 151 Å². The Morgan fingerprint density at radius 2 is 1.05 bits per heavy atom. The maximum atomic E-state index is 2.95. The van der Waals surface area contributed by atoms with Crippen LogP contribution in [-0.2, 0) is 10.8 Å². The second-order valence-electron chi connectivity index (χ2n) is 19.5. The highest BCUT2D eigenvalue weighted by Crippen LogP contribution is 2.68. The van der Waals surface area contributed by atoms with Crippen molar-refractivity contribution in [1.82, 2.24) is 4.57 Å². The Labute approximate surface area is 349 Å². The van der Waals surface area contributed by atoms with E-state index in [2.05, 4.69) is 186 Å². The minimum absolute atomic E-state index is 0.0219. The Bertz CT molecular complexity index is 2850. The molecule has 0 bridgehead atoms. The average molecular weight is 767 g/mol. The van der Waals surface area contributed by atoms with E-state index in [4.69, 9.17) is 0 Å². The third-order valence-corrected chi connectivity index (χ3v) is 17.0. The molecule has 0 radical (unpaired) electrons. The molecule has 0 saturated heterocycles. The van der Waals surface area contributed by atoms with Crippen molar-refractivity contribution in [2.24, 2.45) is 0 Å². The van der Waals surface area contributed by atoms with E-state index in [-0.39, 0.29) is 28.6 Å². The number of fused-ring (bicyclic) bond motifs is 14. The summed E-state index contributed by atoms with van der Waals surface area (Å²) in [6.45, 7) is 10.6. The molecule has 4 nitrogen and oxygen atoms in total. The summed E-state index contributed by atoms with van der Waals surface area (Å²) in [7, 11) is 0. The fourth-order valence-corrected chi connectivity index (χ4v) is 13.8. The molecule has 2 fully saturated rings. The van der Waals surface area contributed by atoms with E-state index < -0.39 is 0 Å². The van der Waals surface area contributed by atoms with Crippen molar-refractivity contribution in [3.8, 4) is 5.69 Å². The molecule has 6 aliphatic rings. The lowest BCUT2D eigenvalue weighted by Gasteiger charge is -2.54. The molecule has 0 N–H and O–H groups in total. The van der Waals surface area contributed by atoms with E-state index in [9.17, 15) is 0 Å². The first-order chi connectivity index (χ1) is 28.8. The quantitative estimate of drug-likeness (QED) is 0.166. The molecule has 2 saturated carbocycles. The van der Waals surface area contributed by atoms with Crippen molar-refractivity contribution < 1.29 is 0 Å². The number of hydrogen-bond acceptors (Lipinski definition) is 3. The van der Waals surface area contributed by atoms with Gasteiger partial charge in [-0.15, -0.1) is 0 Å². The van der Waals surface area contributed by atoms with Crippen LogP contribution in [0.1, 0.15) is 90.2 Å². The number of hydrogen-bond donors (Lipinski definition) is 0. The van der Waals surface area contributed by atoms with Crippen LogP contribution < -0.4 is 31.2 Å². The molecule has 4 unspecified atom stereocenters. The molecule has 5 heterocycles. The van der Waals surface area contributed by atoms with E-state index >= 15 is 0 Å². The first-order valence-corrected chi connectivity index (χ1v) is 22.3. The zero-order valence-electron chi connectivity index (χ0n) is 34.8. The average Bonchev–Trinajstić information content (AvgIpc) is 3.80. The summed E-state index contributed by atoms with van der Waals surface area (Å²) in [5.74, 6) is 0. The predicted octanol–water partition coefficient (Wildman–Crippen LogP) is 11.7. The van der Waals surface area contributed by atoms with Crippen LogP contribution in [-0.4, -0.2) is 22.4 Å². The lowest BCUT2D eigenvalue weighted by molar-refractivity contribution is 0.190. The zero-order chi connectivity index (χ0) is 39.5. The van der Waals surface area contributed by atoms with Crippen LogP contribution in [0.3, 0.4) is 0 Å². The molecule has 4 atom stereocenters. The number of para-hydroxylation sites is 4. The number of benzene rings is 6. The van der Waals surface area contributed by atoms with Gasteiger partial charge in [0, 0.05) is 61.6 Å². The SMILES string of the molecule is CC12CCCCC1(C)N1c3cc(N(c4ccccc4)c4ccccc4)ccc3B3c4c1c2cc1c4N(c2c3n(-c3ccccc3)c3ccccc23)C2(C)CCCCC12C. The van der Waals surface area contributed by atoms with Gasteiger partial charge in [0.2, 0.25) is 0 Å². The second-order valence-corrected chi connectivity index (χ2v) is 19.5. The van der Waals surface area contributed by atoms with Crippen LogP contribution in [0.2, 0.25) is 0 Å². The van der Waals surface area contributed by atoms with E-state index in [0.29, 0.717) is 0 Å². The molecule has 290 valence electrons. The molecular formula is C54H51BN4. The fraction of sp³-hybridized carbons (Fsp3) is 0.296. The van der Waals surface area contributed by atoms with E-state index in [1.165, 1.54) is 119 Å². The van der Waals surface area contributed by atoms with Gasteiger partial charge in [0.15, 0.2) is 0 Å². The molecule has 1 aromatic heterocycles. The highest BCUT2D eigenvalue weighted by Gasteiger charge is 2.67. The Morgan fingerprint density at radius 3 is 1.69 bits per heavy atom. The summed E-state index contributed by atoms with van der Waals surface area (Å²) in [6.07, 6.45) is 9.95. The van der Waals surface area contributed by atoms with E-state index in [1.807, 2.05) is 0 Å². The number of rotatable bonds is 4. The van der Waals surface area contributed by atoms with E-state index in [0.717, 1.165) is 0 Å². The van der Waals surface area contributed by atoms with Crippen LogP contribution in [0.15, 0.2) is 140 Å². The molecular weight excluding hydrogens is 715 g/mol. The van der Waals surface area contributed by atoms with Gasteiger partial charge in [-0.1, -0.05) is 124 Å². The van der Waals surface area contributed by atoms with Crippen molar-refractivity contribution in [3.63, 3.8) is 0 Å². The van der Waals surface area contributed by atoms with Crippen LogP contribution in [0.4, 0.5) is 39.8 Å². The first-order valence-electron chi connectivity index (χ1n) is 22.3. The predicted molar refractivity (Wildman–Crippen MR) is 248 cm³/mol. The summed E-state index contributed by atoms with van der Waals surface area (Å²) in [4.78, 5) is 8.33. The van der Waals surface area contributed by atoms with Crippen molar-refractivity contribution >= 4 is 73.9 Å². The molecule has 0 spiro atoms. The monoisotopic (exact) mass is 766 g/mol. The van der Waals surface area contributed by atoms with Crippen molar-refractivity contribution in [1.29, 1.82) is 0 Å². The van der Waals surface area contributed by atoms with Gasteiger partial charge in [0.25, 0.3) is 6.71 Å². The molecule has 7 aromatic rings. The zero-order valence-corrected chi connectivity index (χ0v) is 34.8. The Morgan fingerprint density at radius 1 is 0.508 bits per heavy atom. The van der Waals surface area contributed by atoms with Gasteiger partial charge in [-0.25, -0.2) is 0 Å². The molecule has 2 aliphatic carbocycles. The molecule has 5 heteroatoms. The third-order valence-electron chi connectivity index (χ3n) is 17.0. The standard InChI is InChI=1S/C54H51BN4/c1-51-30-16-18-32-53(51,3)58-45-34-39(56(36-20-8-5-9-21-36)37-22-10-6-11-23-37)28-29-43(45)55-46-48(58)41(51)35-42-49(46)59(54(4)33-19-17-31-52(42,54)2)47-40-26-14-15-27-44(40)57(50(47)55)38-24-12-7-13-25-38/h5-15,20-29,34-35H,16-19,30-33H2,1-4H3. The van der Waals surface area contributed by atoms with Gasteiger partial charge in [0.1, 0.15) is 0 Å². The molecule has 59 heavy (non-hydrogen) atoms. The lowest BCUT2D eigenvalue weighted by Crippen LogP contribution is -2.67. The highest BCUT2D eigenvalue weighted by atomic mass is 15.3. The van der Waals surface area contributed by atoms with Crippen molar-refractivity contribution in [2.75, 3.05) is 14.7 Å². The summed E-state index contributed by atoms with van der Waals surface area (Å²) in [5, 5.41) is 1.37. The molecule has 0 amide bonds. The Hall–Kier alpha value is -5.68. The first kappa shape index (κ1) is 34.2. The van der Waals surface area contributed by atoms with Crippen LogP contribution >= 0.6 is 0 Å². The summed E-state index contributed by atoms with van der Waals surface area (Å²) in [6, 6.07) is 52.8. The van der Waals surface area contributed by atoms with Gasteiger partial charge >= 0.3 is 0 Å². The Balaban J connectivity index is 1.19. The smallest absolute Gasteiger partial charge is 0.273 e. The van der Waals surface area contributed by atoms with Crippen LogP contribution in [0.5, 0.6) is 0 Å². The molecule has 4 aliphatic heterocycles. The summed E-state index contributed by atoms with van der Waals surface area (Å²) >= 11 is 0. The van der Waals surface area contributed by atoms with Gasteiger partial charge in [-0.2, -0.15) is 0 Å². The lowest BCUT2D eigenvalue weighted by atomic mass is 9.34. The highest BCUT2D eigenvalue weighted by molar-refractivity contribution is 7.00. The fourth-order valence-electron chi connectivity index (χ4n) is 13.8. The molecule has 6 aromatic carbocycles. The number of aromatic nitrogens is 1. The number of nitrogens with zero attached hydrogens (tertiary/aromatic N) is 4. The third kappa shape index (κ3) is 3.99. The topological polar surface area (TPSA) is 14.7 Å². The number of anilines is 7. The largest absolute Gasteiger partial charge is 0.335 e. The molecule has 13 rings (SSSR count). The Kier molecular flexibility index (Phi) is 6.69. The minimum atomic E-state index is -0.0597. The minimum Gasteiger partial charge on any atom is -0.335 e. The maximum Gasteiger partial charge on any atom is 0.273 e. The van der Waals surface area contributed by atoms with Crippen LogP contribution in [0, 0.1) is 0 Å². The van der Waals surface area contributed by atoms with Crippen molar-refractivity contribution in [2.45, 2.75) is 101 Å². The summed E-state index contributed by atoms with van der Waals surface area (Å²) in [5.41, 5.74) is 19.6. The maximum absolute atomic E-state index is 2.95. The van der Waals surface area contributed by atoms with Gasteiger partial charge in [-0.05, 0) is 116 Å². The van der Waals surface area contributed by atoms with Gasteiger partial charge in [-0.3, -0.25) is 0 Å². The van der Waals surface area contributed by atoms with Crippen LogP contribution in [0.25, 0.3) is 16.6 Å². The van der Waals surface area contributed by atoms with E-state index in [1.54, 1.807) is 16.6 Å². The summed E-state index contributed by atoms with van der Waals surface area (Å²) < 4.78 is 2.66.